The number of carbonyl (C=O) groups is 1. The Hall–Kier alpha value is -0.530. The molecule has 6 aliphatic carbocycles. The van der Waals surface area contributed by atoms with Gasteiger partial charge in [0, 0.05) is 12.0 Å². The average molecular weight is 287 g/mol. The summed E-state index contributed by atoms with van der Waals surface area (Å²) in [6.45, 7) is 0. The van der Waals surface area contributed by atoms with Crippen LogP contribution in [0.3, 0.4) is 0 Å². The Balaban J connectivity index is 1.24. The molecule has 6 fully saturated rings. The summed E-state index contributed by atoms with van der Waals surface area (Å²) in [5.74, 6) is 5.76. The molecule has 6 bridgehead atoms. The highest BCUT2D eigenvalue weighted by Gasteiger charge is 2.51. The second kappa shape index (κ2) is 4.49. The van der Waals surface area contributed by atoms with Crippen LogP contribution in [0.15, 0.2) is 0 Å². The van der Waals surface area contributed by atoms with Gasteiger partial charge in [-0.15, -0.1) is 0 Å². The minimum absolute atomic E-state index is 0.226. The zero-order valence-corrected chi connectivity index (χ0v) is 13.2. The number of fused-ring (bicyclic) bond motifs is 2. The standard InChI is InChI=1S/C19H29NO/c21-18(8-17-7-12-1-2-16(17)6-12)20-19-9-13-3-14(10-19)5-15(4-13)11-19/h12-17H,1-11H2,(H,20,21)/t12-,13?,14?,15?,16+,17-,19?/m1/s1. The van der Waals surface area contributed by atoms with E-state index >= 15 is 0 Å². The number of hydrogen-bond acceptors (Lipinski definition) is 1. The van der Waals surface area contributed by atoms with Gasteiger partial charge in [-0.2, -0.15) is 0 Å². The van der Waals surface area contributed by atoms with Gasteiger partial charge in [-0.05, 0) is 93.3 Å². The van der Waals surface area contributed by atoms with Crippen molar-refractivity contribution in [1.82, 2.24) is 5.32 Å². The predicted molar refractivity (Wildman–Crippen MR) is 82.6 cm³/mol. The molecule has 2 heteroatoms. The quantitative estimate of drug-likeness (QED) is 0.838. The van der Waals surface area contributed by atoms with Gasteiger partial charge in [0.05, 0.1) is 0 Å². The first-order valence-electron chi connectivity index (χ1n) is 9.48. The molecule has 0 spiro atoms. The number of nitrogens with one attached hydrogen (secondary N) is 1. The summed E-state index contributed by atoms with van der Waals surface area (Å²) < 4.78 is 0. The van der Waals surface area contributed by atoms with Gasteiger partial charge in [0.2, 0.25) is 5.91 Å². The zero-order chi connectivity index (χ0) is 14.0. The summed E-state index contributed by atoms with van der Waals surface area (Å²) in [5, 5.41) is 3.57. The fraction of sp³-hybridized carbons (Fsp3) is 0.947. The van der Waals surface area contributed by atoms with Gasteiger partial charge in [0.15, 0.2) is 0 Å². The molecule has 0 aromatic rings. The molecule has 3 atom stereocenters. The van der Waals surface area contributed by atoms with Crippen LogP contribution >= 0.6 is 0 Å². The first-order valence-corrected chi connectivity index (χ1v) is 9.48. The lowest BCUT2D eigenvalue weighted by molar-refractivity contribution is -0.128. The van der Waals surface area contributed by atoms with Crippen LogP contribution in [0.25, 0.3) is 0 Å². The van der Waals surface area contributed by atoms with Gasteiger partial charge in [-0.25, -0.2) is 0 Å². The topological polar surface area (TPSA) is 29.1 Å². The van der Waals surface area contributed by atoms with E-state index in [0.717, 1.165) is 41.9 Å². The first kappa shape index (κ1) is 13.0. The first-order chi connectivity index (χ1) is 10.2. The monoisotopic (exact) mass is 287 g/mol. The molecule has 0 saturated heterocycles. The molecule has 1 amide bonds. The fourth-order valence-corrected chi connectivity index (χ4v) is 7.48. The fourth-order valence-electron chi connectivity index (χ4n) is 7.48. The second-order valence-electron chi connectivity index (χ2n) is 9.39. The molecule has 6 saturated carbocycles. The van der Waals surface area contributed by atoms with Gasteiger partial charge in [0.1, 0.15) is 0 Å². The van der Waals surface area contributed by atoms with E-state index < -0.39 is 0 Å². The van der Waals surface area contributed by atoms with Crippen molar-refractivity contribution in [2.75, 3.05) is 0 Å². The molecule has 6 aliphatic rings. The van der Waals surface area contributed by atoms with Crippen LogP contribution in [-0.4, -0.2) is 11.4 Å². The molecule has 0 heterocycles. The highest BCUT2D eigenvalue weighted by molar-refractivity contribution is 5.77. The third kappa shape index (κ3) is 2.16. The van der Waals surface area contributed by atoms with Crippen LogP contribution < -0.4 is 5.32 Å². The van der Waals surface area contributed by atoms with Crippen molar-refractivity contribution in [1.29, 1.82) is 0 Å². The summed E-state index contributed by atoms with van der Waals surface area (Å²) in [6, 6.07) is 0. The van der Waals surface area contributed by atoms with E-state index in [9.17, 15) is 4.79 Å². The molecular weight excluding hydrogens is 258 g/mol. The molecule has 0 aliphatic heterocycles. The lowest BCUT2D eigenvalue weighted by Gasteiger charge is -2.57. The maximum Gasteiger partial charge on any atom is 0.220 e. The SMILES string of the molecule is O=C(C[C@H]1C[C@@H]2CC[C@H]1C2)NC12CC3CC(CC(C3)C1)C2. The highest BCUT2D eigenvalue weighted by atomic mass is 16.1. The van der Waals surface area contributed by atoms with E-state index in [4.69, 9.17) is 0 Å². The Morgan fingerprint density at radius 3 is 2.05 bits per heavy atom. The van der Waals surface area contributed by atoms with E-state index in [1.807, 2.05) is 0 Å². The number of carbonyl (C=O) groups excluding carboxylic acids is 1. The minimum atomic E-state index is 0.226. The molecule has 0 unspecified atom stereocenters. The van der Waals surface area contributed by atoms with Crippen molar-refractivity contribution >= 4 is 5.91 Å². The van der Waals surface area contributed by atoms with E-state index in [-0.39, 0.29) is 5.54 Å². The van der Waals surface area contributed by atoms with Crippen molar-refractivity contribution in [2.24, 2.45) is 35.5 Å². The van der Waals surface area contributed by atoms with E-state index in [1.54, 1.807) is 0 Å². The summed E-state index contributed by atoms with van der Waals surface area (Å²) in [6.07, 6.45) is 14.7. The normalized spacial score (nSPS) is 53.3. The lowest BCUT2D eigenvalue weighted by Crippen LogP contribution is -2.60. The Bertz CT molecular complexity index is 421. The van der Waals surface area contributed by atoms with Gasteiger partial charge < -0.3 is 5.32 Å². The second-order valence-corrected chi connectivity index (χ2v) is 9.39. The van der Waals surface area contributed by atoms with Crippen LogP contribution in [-0.2, 0) is 4.79 Å². The predicted octanol–water partition coefficient (Wildman–Crippen LogP) is 3.90. The Morgan fingerprint density at radius 2 is 1.52 bits per heavy atom. The summed E-state index contributed by atoms with van der Waals surface area (Å²) in [4.78, 5) is 12.6. The maximum atomic E-state index is 12.6. The van der Waals surface area contributed by atoms with Crippen molar-refractivity contribution in [3.05, 3.63) is 0 Å². The molecular formula is C19H29NO. The summed E-state index contributed by atoms with van der Waals surface area (Å²) in [5.41, 5.74) is 0.226. The molecule has 0 aromatic heterocycles. The molecule has 0 radical (unpaired) electrons. The van der Waals surface area contributed by atoms with E-state index in [1.165, 1.54) is 64.2 Å². The minimum Gasteiger partial charge on any atom is -0.351 e. The largest absolute Gasteiger partial charge is 0.351 e. The lowest BCUT2D eigenvalue weighted by atomic mass is 9.53. The smallest absolute Gasteiger partial charge is 0.220 e. The molecule has 6 rings (SSSR count). The number of amides is 1. The van der Waals surface area contributed by atoms with Crippen LogP contribution in [0.4, 0.5) is 0 Å². The number of rotatable bonds is 3. The third-order valence-corrected chi connectivity index (χ3v) is 7.77. The van der Waals surface area contributed by atoms with Crippen molar-refractivity contribution in [3.8, 4) is 0 Å². The number of hydrogen-bond donors (Lipinski definition) is 1. The summed E-state index contributed by atoms with van der Waals surface area (Å²) >= 11 is 0. The van der Waals surface area contributed by atoms with E-state index in [0.29, 0.717) is 5.91 Å². The van der Waals surface area contributed by atoms with Crippen molar-refractivity contribution < 1.29 is 4.79 Å². The Kier molecular flexibility index (Phi) is 2.77. The third-order valence-electron chi connectivity index (χ3n) is 7.77. The summed E-state index contributed by atoms with van der Waals surface area (Å²) in [7, 11) is 0. The van der Waals surface area contributed by atoms with Crippen molar-refractivity contribution in [3.63, 3.8) is 0 Å². The van der Waals surface area contributed by atoms with Gasteiger partial charge in [-0.1, -0.05) is 6.42 Å². The van der Waals surface area contributed by atoms with Gasteiger partial charge >= 0.3 is 0 Å². The van der Waals surface area contributed by atoms with Crippen LogP contribution in [0.2, 0.25) is 0 Å². The Morgan fingerprint density at radius 1 is 0.857 bits per heavy atom. The molecule has 0 aromatic carbocycles. The Labute approximate surface area is 128 Å². The average Bonchev–Trinajstić information content (AvgIpc) is 2.98. The zero-order valence-electron chi connectivity index (χ0n) is 13.2. The van der Waals surface area contributed by atoms with Crippen LogP contribution in [0.1, 0.15) is 70.6 Å². The molecule has 1 N–H and O–H groups in total. The van der Waals surface area contributed by atoms with Crippen LogP contribution in [0, 0.1) is 35.5 Å². The maximum absolute atomic E-state index is 12.6. The van der Waals surface area contributed by atoms with Crippen LogP contribution in [0.5, 0.6) is 0 Å². The highest BCUT2D eigenvalue weighted by Crippen LogP contribution is 2.56. The van der Waals surface area contributed by atoms with E-state index in [2.05, 4.69) is 5.32 Å². The van der Waals surface area contributed by atoms with Gasteiger partial charge in [-0.3, -0.25) is 4.79 Å². The molecule has 21 heavy (non-hydrogen) atoms. The molecule has 2 nitrogen and oxygen atoms in total. The molecule has 116 valence electrons. The van der Waals surface area contributed by atoms with Gasteiger partial charge in [0.25, 0.3) is 0 Å². The van der Waals surface area contributed by atoms with Crippen molar-refractivity contribution in [2.45, 2.75) is 76.2 Å².